The van der Waals surface area contributed by atoms with Crippen LogP contribution in [0.5, 0.6) is 0 Å². The fourth-order valence-corrected chi connectivity index (χ4v) is 2.36. The number of piperidine rings is 1. The maximum atomic E-state index is 13.8. The van der Waals surface area contributed by atoms with Gasteiger partial charge in [0.25, 0.3) is 0 Å². The van der Waals surface area contributed by atoms with Gasteiger partial charge in [-0.3, -0.25) is 0 Å². The molecule has 0 amide bonds. The predicted molar refractivity (Wildman–Crippen MR) is 61.8 cm³/mol. The van der Waals surface area contributed by atoms with Crippen molar-refractivity contribution < 1.29 is 13.9 Å². The van der Waals surface area contributed by atoms with Gasteiger partial charge in [-0.05, 0) is 44.5 Å². The lowest BCUT2D eigenvalue weighted by atomic mass is 9.88. The molecule has 2 rings (SSSR count). The van der Waals surface area contributed by atoms with Crippen LogP contribution in [0.3, 0.4) is 0 Å². The molecule has 1 heterocycles. The fourth-order valence-electron chi connectivity index (χ4n) is 2.36. The van der Waals surface area contributed by atoms with Gasteiger partial charge in [-0.2, -0.15) is 0 Å². The van der Waals surface area contributed by atoms with E-state index >= 15 is 0 Å². The van der Waals surface area contributed by atoms with Crippen LogP contribution in [0.15, 0.2) is 12.1 Å². The van der Waals surface area contributed by atoms with Crippen LogP contribution >= 0.6 is 0 Å². The molecule has 0 atom stereocenters. The van der Waals surface area contributed by atoms with Crippen molar-refractivity contribution in [3.8, 4) is 0 Å². The summed E-state index contributed by atoms with van der Waals surface area (Å²) in [5, 5.41) is 8.87. The zero-order chi connectivity index (χ0) is 12.4. The van der Waals surface area contributed by atoms with E-state index in [0.717, 1.165) is 25.9 Å². The number of likely N-dealkylation sites (tertiary alicyclic amines) is 1. The molecular formula is C13H17F2NO. The standard InChI is InChI=1S/C13H17F2NO/c1-16-6-4-9(5-7-16)11-3-2-10(8-17)12(14)13(11)15/h2-3,9,17H,4-8H2,1H3. The molecule has 0 unspecified atom stereocenters. The smallest absolute Gasteiger partial charge is 0.164 e. The van der Waals surface area contributed by atoms with Crippen molar-refractivity contribution in [3.63, 3.8) is 0 Å². The van der Waals surface area contributed by atoms with Gasteiger partial charge in [-0.15, -0.1) is 0 Å². The summed E-state index contributed by atoms with van der Waals surface area (Å²) in [6.07, 6.45) is 1.71. The van der Waals surface area contributed by atoms with Crippen molar-refractivity contribution in [3.05, 3.63) is 34.9 Å². The highest BCUT2D eigenvalue weighted by atomic mass is 19.2. The first-order valence-electron chi connectivity index (χ1n) is 5.89. The number of benzene rings is 1. The number of hydrogen-bond acceptors (Lipinski definition) is 2. The summed E-state index contributed by atoms with van der Waals surface area (Å²) in [7, 11) is 2.03. The highest BCUT2D eigenvalue weighted by Gasteiger charge is 2.23. The Balaban J connectivity index is 2.24. The first-order chi connectivity index (χ1) is 8.13. The molecule has 1 aromatic rings. The van der Waals surface area contributed by atoms with Gasteiger partial charge in [-0.25, -0.2) is 8.78 Å². The normalized spacial score (nSPS) is 18.6. The lowest BCUT2D eigenvalue weighted by Gasteiger charge is -2.29. The minimum atomic E-state index is -0.899. The summed E-state index contributed by atoms with van der Waals surface area (Å²) < 4.78 is 27.4. The van der Waals surface area contributed by atoms with E-state index in [2.05, 4.69) is 4.90 Å². The monoisotopic (exact) mass is 241 g/mol. The molecule has 1 N–H and O–H groups in total. The number of hydrogen-bond donors (Lipinski definition) is 1. The topological polar surface area (TPSA) is 23.5 Å². The molecule has 94 valence electrons. The minimum Gasteiger partial charge on any atom is -0.392 e. The summed E-state index contributed by atoms with van der Waals surface area (Å²) in [5.41, 5.74) is 0.479. The van der Waals surface area contributed by atoms with Gasteiger partial charge in [0.15, 0.2) is 11.6 Å². The van der Waals surface area contributed by atoms with Crippen molar-refractivity contribution in [1.29, 1.82) is 0 Å². The molecule has 0 aliphatic carbocycles. The van der Waals surface area contributed by atoms with Crippen LogP contribution in [0.2, 0.25) is 0 Å². The summed E-state index contributed by atoms with van der Waals surface area (Å²) in [6.45, 7) is 1.36. The van der Waals surface area contributed by atoms with Gasteiger partial charge in [0, 0.05) is 5.56 Å². The van der Waals surface area contributed by atoms with Gasteiger partial charge in [0.1, 0.15) is 0 Å². The Morgan fingerprint density at radius 2 is 1.88 bits per heavy atom. The van der Waals surface area contributed by atoms with Crippen LogP contribution in [-0.2, 0) is 6.61 Å². The van der Waals surface area contributed by atoms with Crippen LogP contribution < -0.4 is 0 Å². The molecular weight excluding hydrogens is 224 g/mol. The molecule has 17 heavy (non-hydrogen) atoms. The highest BCUT2D eigenvalue weighted by molar-refractivity contribution is 5.29. The fraction of sp³-hybridized carbons (Fsp3) is 0.538. The molecule has 4 heteroatoms. The van der Waals surface area contributed by atoms with Crippen molar-refractivity contribution in [2.75, 3.05) is 20.1 Å². The van der Waals surface area contributed by atoms with E-state index in [1.54, 1.807) is 6.07 Å². The molecule has 2 nitrogen and oxygen atoms in total. The van der Waals surface area contributed by atoms with Crippen molar-refractivity contribution >= 4 is 0 Å². The average molecular weight is 241 g/mol. The average Bonchev–Trinajstić information content (AvgIpc) is 2.34. The summed E-state index contributed by atoms with van der Waals surface area (Å²) >= 11 is 0. The lowest BCUT2D eigenvalue weighted by Crippen LogP contribution is -2.29. The first-order valence-corrected chi connectivity index (χ1v) is 5.89. The van der Waals surface area contributed by atoms with Crippen molar-refractivity contribution in [1.82, 2.24) is 4.90 Å². The lowest BCUT2D eigenvalue weighted by molar-refractivity contribution is 0.251. The molecule has 1 aliphatic rings. The molecule has 0 aromatic heterocycles. The molecule has 1 saturated heterocycles. The highest BCUT2D eigenvalue weighted by Crippen LogP contribution is 2.31. The Bertz CT molecular complexity index is 401. The van der Waals surface area contributed by atoms with Crippen LogP contribution in [0.25, 0.3) is 0 Å². The number of rotatable bonds is 2. The maximum Gasteiger partial charge on any atom is 0.164 e. The van der Waals surface area contributed by atoms with Gasteiger partial charge in [-0.1, -0.05) is 12.1 Å². The van der Waals surface area contributed by atoms with E-state index in [1.807, 2.05) is 7.05 Å². The molecule has 0 radical (unpaired) electrons. The third-order valence-electron chi connectivity index (χ3n) is 3.52. The summed E-state index contributed by atoms with van der Waals surface area (Å²) in [5.74, 6) is -1.59. The largest absolute Gasteiger partial charge is 0.392 e. The number of aliphatic hydroxyl groups excluding tert-OH is 1. The Morgan fingerprint density at radius 3 is 2.47 bits per heavy atom. The summed E-state index contributed by atoms with van der Waals surface area (Å²) in [6, 6.07) is 3.09. The molecule has 1 aliphatic heterocycles. The van der Waals surface area contributed by atoms with Crippen LogP contribution in [-0.4, -0.2) is 30.1 Å². The summed E-state index contributed by atoms with van der Waals surface area (Å²) in [4.78, 5) is 2.19. The van der Waals surface area contributed by atoms with E-state index in [4.69, 9.17) is 5.11 Å². The maximum absolute atomic E-state index is 13.8. The second kappa shape index (κ2) is 5.10. The van der Waals surface area contributed by atoms with Crippen molar-refractivity contribution in [2.45, 2.75) is 25.4 Å². The third kappa shape index (κ3) is 2.48. The molecule has 0 bridgehead atoms. The van der Waals surface area contributed by atoms with E-state index < -0.39 is 18.2 Å². The van der Waals surface area contributed by atoms with Crippen LogP contribution in [0.4, 0.5) is 8.78 Å². The molecule has 0 spiro atoms. The molecule has 1 aromatic carbocycles. The van der Waals surface area contributed by atoms with Crippen molar-refractivity contribution in [2.24, 2.45) is 0 Å². The Labute approximate surface area is 99.9 Å². The van der Waals surface area contributed by atoms with Gasteiger partial charge in [0.2, 0.25) is 0 Å². The number of halogens is 2. The first kappa shape index (κ1) is 12.5. The van der Waals surface area contributed by atoms with Crippen LogP contribution in [0, 0.1) is 11.6 Å². The molecule has 1 fully saturated rings. The van der Waals surface area contributed by atoms with Crippen LogP contribution in [0.1, 0.15) is 29.9 Å². The number of aliphatic hydroxyl groups is 1. The predicted octanol–water partition coefficient (Wildman–Crippen LogP) is 2.27. The van der Waals surface area contributed by atoms with E-state index in [1.165, 1.54) is 6.07 Å². The number of nitrogens with zero attached hydrogens (tertiary/aromatic N) is 1. The van der Waals surface area contributed by atoms with Gasteiger partial charge < -0.3 is 10.0 Å². The Hall–Kier alpha value is -1.00. The molecule has 0 saturated carbocycles. The second-order valence-electron chi connectivity index (χ2n) is 4.68. The van der Waals surface area contributed by atoms with E-state index in [-0.39, 0.29) is 11.5 Å². The Morgan fingerprint density at radius 1 is 1.24 bits per heavy atom. The quantitative estimate of drug-likeness (QED) is 0.858. The van der Waals surface area contributed by atoms with Gasteiger partial charge >= 0.3 is 0 Å². The SMILES string of the molecule is CN1CCC(c2ccc(CO)c(F)c2F)CC1. The van der Waals surface area contributed by atoms with Gasteiger partial charge in [0.05, 0.1) is 6.61 Å². The van der Waals surface area contributed by atoms with E-state index in [9.17, 15) is 8.78 Å². The van der Waals surface area contributed by atoms with E-state index in [0.29, 0.717) is 5.56 Å². The second-order valence-corrected chi connectivity index (χ2v) is 4.68. The minimum absolute atomic E-state index is 0.0270. The Kier molecular flexibility index (Phi) is 3.74. The zero-order valence-corrected chi connectivity index (χ0v) is 9.92. The zero-order valence-electron chi connectivity index (χ0n) is 9.92. The third-order valence-corrected chi connectivity index (χ3v) is 3.52.